The van der Waals surface area contributed by atoms with Crippen LogP contribution in [-0.4, -0.2) is 0 Å². The predicted molar refractivity (Wildman–Crippen MR) is 46.3 cm³/mol. The van der Waals surface area contributed by atoms with Crippen LogP contribution >= 0.6 is 12.4 Å². The van der Waals surface area contributed by atoms with E-state index < -0.39 is 0 Å². The van der Waals surface area contributed by atoms with E-state index in [1.54, 1.807) is 0 Å². The monoisotopic (exact) mass is 157 g/mol. The SMILES string of the molecule is C[C@H](N)c1ccccc1.Cl. The van der Waals surface area contributed by atoms with Gasteiger partial charge < -0.3 is 5.73 Å². The predicted octanol–water partition coefficient (Wildman–Crippen LogP) is 2.13. The topological polar surface area (TPSA) is 26.0 Å². The van der Waals surface area contributed by atoms with Crippen LogP contribution in [0.15, 0.2) is 30.3 Å². The Morgan fingerprint density at radius 1 is 1.20 bits per heavy atom. The first kappa shape index (κ1) is 9.47. The van der Waals surface area contributed by atoms with Crippen LogP contribution in [0.4, 0.5) is 0 Å². The van der Waals surface area contributed by atoms with E-state index in [0.29, 0.717) is 0 Å². The van der Waals surface area contributed by atoms with Gasteiger partial charge in [-0.25, -0.2) is 0 Å². The quantitative estimate of drug-likeness (QED) is 0.664. The van der Waals surface area contributed by atoms with Gasteiger partial charge in [0.1, 0.15) is 0 Å². The van der Waals surface area contributed by atoms with Crippen molar-refractivity contribution in [3.05, 3.63) is 35.9 Å². The molecule has 0 aromatic heterocycles. The van der Waals surface area contributed by atoms with Crippen molar-refractivity contribution >= 4 is 12.4 Å². The van der Waals surface area contributed by atoms with Crippen molar-refractivity contribution in [2.75, 3.05) is 0 Å². The van der Waals surface area contributed by atoms with Crippen molar-refractivity contribution in [1.82, 2.24) is 0 Å². The van der Waals surface area contributed by atoms with Crippen LogP contribution in [0.1, 0.15) is 18.5 Å². The Kier molecular flexibility index (Phi) is 4.08. The minimum Gasteiger partial charge on any atom is -0.324 e. The average Bonchev–Trinajstić information content (AvgIpc) is 1.90. The summed E-state index contributed by atoms with van der Waals surface area (Å²) in [5, 5.41) is 0. The second-order valence-electron chi connectivity index (χ2n) is 2.20. The Balaban J connectivity index is 0.000000810. The van der Waals surface area contributed by atoms with Crippen LogP contribution in [0.5, 0.6) is 0 Å². The molecule has 0 saturated carbocycles. The van der Waals surface area contributed by atoms with Gasteiger partial charge in [-0.1, -0.05) is 30.3 Å². The molecular weight excluding hydrogens is 146 g/mol. The lowest BCUT2D eigenvalue weighted by Crippen LogP contribution is -2.03. The summed E-state index contributed by atoms with van der Waals surface area (Å²) in [6.07, 6.45) is 0. The van der Waals surface area contributed by atoms with Crippen molar-refractivity contribution < 1.29 is 0 Å². The molecule has 1 atom stereocenters. The van der Waals surface area contributed by atoms with Gasteiger partial charge in [0.05, 0.1) is 0 Å². The maximum absolute atomic E-state index is 5.61. The molecule has 0 radical (unpaired) electrons. The van der Waals surface area contributed by atoms with E-state index in [-0.39, 0.29) is 18.4 Å². The summed E-state index contributed by atoms with van der Waals surface area (Å²) in [5.74, 6) is 0. The first-order chi connectivity index (χ1) is 4.30. The number of hydrogen-bond acceptors (Lipinski definition) is 1. The third-order valence-electron chi connectivity index (χ3n) is 1.33. The van der Waals surface area contributed by atoms with Gasteiger partial charge in [0.2, 0.25) is 0 Å². The second-order valence-corrected chi connectivity index (χ2v) is 2.20. The molecule has 1 nitrogen and oxygen atoms in total. The van der Waals surface area contributed by atoms with E-state index in [4.69, 9.17) is 5.73 Å². The first-order valence-corrected chi connectivity index (χ1v) is 3.11. The summed E-state index contributed by atoms with van der Waals surface area (Å²) in [6, 6.07) is 10.2. The third kappa shape index (κ3) is 2.38. The maximum atomic E-state index is 5.61. The molecule has 0 heterocycles. The van der Waals surface area contributed by atoms with Gasteiger partial charge >= 0.3 is 0 Å². The Labute approximate surface area is 67.7 Å². The zero-order valence-corrected chi connectivity index (χ0v) is 6.77. The first-order valence-electron chi connectivity index (χ1n) is 3.11. The summed E-state index contributed by atoms with van der Waals surface area (Å²) in [7, 11) is 0. The highest BCUT2D eigenvalue weighted by atomic mass is 35.5. The van der Waals surface area contributed by atoms with Crippen molar-refractivity contribution in [3.8, 4) is 0 Å². The molecule has 1 aromatic rings. The number of benzene rings is 1. The highest BCUT2D eigenvalue weighted by molar-refractivity contribution is 5.85. The molecule has 2 heteroatoms. The maximum Gasteiger partial charge on any atom is 0.0266 e. The van der Waals surface area contributed by atoms with E-state index in [1.807, 2.05) is 37.3 Å². The Morgan fingerprint density at radius 3 is 2.00 bits per heavy atom. The molecule has 0 aliphatic carbocycles. The van der Waals surface area contributed by atoms with Crippen LogP contribution in [0.3, 0.4) is 0 Å². The summed E-state index contributed by atoms with van der Waals surface area (Å²) in [6.45, 7) is 1.98. The highest BCUT2D eigenvalue weighted by Crippen LogP contribution is 2.06. The third-order valence-corrected chi connectivity index (χ3v) is 1.33. The number of nitrogens with two attached hydrogens (primary N) is 1. The van der Waals surface area contributed by atoms with Crippen LogP contribution in [0.25, 0.3) is 0 Å². The lowest BCUT2D eigenvalue weighted by Gasteiger charge is -2.02. The standard InChI is InChI=1S/C8H11N.ClH/c1-7(9)8-5-3-2-4-6-8;/h2-7H,9H2,1H3;1H/t7-;/m0./s1. The average molecular weight is 158 g/mol. The van der Waals surface area contributed by atoms with Crippen LogP contribution in [-0.2, 0) is 0 Å². The second kappa shape index (κ2) is 4.31. The lowest BCUT2D eigenvalue weighted by molar-refractivity contribution is 0.818. The molecule has 0 amide bonds. The lowest BCUT2D eigenvalue weighted by atomic mass is 10.1. The largest absolute Gasteiger partial charge is 0.324 e. The number of rotatable bonds is 1. The molecule has 0 saturated heterocycles. The van der Waals surface area contributed by atoms with Gasteiger partial charge in [0, 0.05) is 6.04 Å². The van der Waals surface area contributed by atoms with Gasteiger partial charge in [-0.3, -0.25) is 0 Å². The fraction of sp³-hybridized carbons (Fsp3) is 0.250. The summed E-state index contributed by atoms with van der Waals surface area (Å²) in [4.78, 5) is 0. The fourth-order valence-electron chi connectivity index (χ4n) is 0.757. The van der Waals surface area contributed by atoms with E-state index in [1.165, 1.54) is 5.56 Å². The molecule has 0 bridgehead atoms. The van der Waals surface area contributed by atoms with Gasteiger partial charge in [0.25, 0.3) is 0 Å². The summed E-state index contributed by atoms with van der Waals surface area (Å²) >= 11 is 0. The van der Waals surface area contributed by atoms with Gasteiger partial charge in [0.15, 0.2) is 0 Å². The van der Waals surface area contributed by atoms with Gasteiger partial charge in [-0.2, -0.15) is 0 Å². The van der Waals surface area contributed by atoms with Crippen molar-refractivity contribution in [2.45, 2.75) is 13.0 Å². The van der Waals surface area contributed by atoms with Crippen LogP contribution < -0.4 is 5.73 Å². The Morgan fingerprint density at radius 2 is 1.70 bits per heavy atom. The molecule has 56 valence electrons. The Bertz CT molecular complexity index is 172. The zero-order valence-electron chi connectivity index (χ0n) is 5.95. The van der Waals surface area contributed by atoms with Crippen LogP contribution in [0.2, 0.25) is 0 Å². The number of hydrogen-bond donors (Lipinski definition) is 1. The molecule has 0 fully saturated rings. The molecule has 0 aliphatic heterocycles. The fourth-order valence-corrected chi connectivity index (χ4v) is 0.757. The molecule has 2 N–H and O–H groups in total. The van der Waals surface area contributed by atoms with E-state index in [2.05, 4.69) is 0 Å². The zero-order chi connectivity index (χ0) is 6.69. The molecule has 0 unspecified atom stereocenters. The van der Waals surface area contributed by atoms with Gasteiger partial charge in [-0.05, 0) is 12.5 Å². The molecule has 0 spiro atoms. The minimum absolute atomic E-state index is 0. The molecule has 10 heavy (non-hydrogen) atoms. The molecule has 1 aromatic carbocycles. The van der Waals surface area contributed by atoms with Crippen molar-refractivity contribution in [3.63, 3.8) is 0 Å². The van der Waals surface area contributed by atoms with Crippen LogP contribution in [0, 0.1) is 0 Å². The van der Waals surface area contributed by atoms with Gasteiger partial charge in [-0.15, -0.1) is 12.4 Å². The molecular formula is C8H12ClN. The van der Waals surface area contributed by atoms with Crippen molar-refractivity contribution in [2.24, 2.45) is 5.73 Å². The molecule has 0 aliphatic rings. The normalized spacial score (nSPS) is 11.8. The highest BCUT2D eigenvalue weighted by Gasteiger charge is 1.93. The summed E-state index contributed by atoms with van der Waals surface area (Å²) < 4.78 is 0. The smallest absolute Gasteiger partial charge is 0.0266 e. The van der Waals surface area contributed by atoms with E-state index in [9.17, 15) is 0 Å². The van der Waals surface area contributed by atoms with E-state index in [0.717, 1.165) is 0 Å². The molecule has 1 rings (SSSR count). The Hall–Kier alpha value is -0.530. The number of halogens is 1. The van der Waals surface area contributed by atoms with Crippen molar-refractivity contribution in [1.29, 1.82) is 0 Å². The minimum atomic E-state index is 0. The van der Waals surface area contributed by atoms with E-state index >= 15 is 0 Å². The summed E-state index contributed by atoms with van der Waals surface area (Å²) in [5.41, 5.74) is 6.81.